The molecule has 0 saturated heterocycles. The Hall–Kier alpha value is -4.50. The molecule has 0 radical (unpaired) electrons. The third-order valence-corrected chi connectivity index (χ3v) is 4.04. The van der Waals surface area contributed by atoms with Crippen molar-refractivity contribution in [1.82, 2.24) is 30.6 Å². The molecule has 180 valence electrons. The van der Waals surface area contributed by atoms with E-state index >= 15 is 0 Å². The number of alkyl halides is 3. The Kier molecular flexibility index (Phi) is 7.39. The van der Waals surface area contributed by atoms with Gasteiger partial charge in [-0.2, -0.15) is 22.8 Å². The van der Waals surface area contributed by atoms with E-state index in [4.69, 9.17) is 9.26 Å². The van der Waals surface area contributed by atoms with Gasteiger partial charge in [0, 0.05) is 13.1 Å². The molecule has 1 aromatic carbocycles. The number of benzene rings is 1. The van der Waals surface area contributed by atoms with Crippen LogP contribution in [0.5, 0.6) is 5.75 Å². The van der Waals surface area contributed by atoms with Crippen LogP contribution < -0.4 is 15.4 Å². The molecule has 0 unspecified atom stereocenters. The van der Waals surface area contributed by atoms with Gasteiger partial charge in [0.1, 0.15) is 12.3 Å². The van der Waals surface area contributed by atoms with Crippen LogP contribution in [0.3, 0.4) is 0 Å². The molecule has 13 nitrogen and oxygen atoms in total. The number of carbonyl (C=O) groups excluding carboxylic acids is 2. The van der Waals surface area contributed by atoms with E-state index in [9.17, 15) is 32.9 Å². The molecule has 2 amide bonds. The summed E-state index contributed by atoms with van der Waals surface area (Å²) in [5, 5.41) is 22.7. The fourth-order valence-electron chi connectivity index (χ4n) is 2.51. The summed E-state index contributed by atoms with van der Waals surface area (Å²) in [6.07, 6.45) is -3.19. The molecular formula is C18H16F3N7O6. The zero-order valence-corrected chi connectivity index (χ0v) is 17.1. The van der Waals surface area contributed by atoms with Crippen molar-refractivity contribution in [2.24, 2.45) is 0 Å². The summed E-state index contributed by atoms with van der Waals surface area (Å²) in [6, 6.07) is 5.29. The number of hydrogen-bond donors (Lipinski definition) is 2. The number of amides is 2. The molecule has 0 aliphatic rings. The molecule has 2 N–H and O–H groups in total. The Morgan fingerprint density at radius 2 is 1.97 bits per heavy atom. The molecule has 2 heterocycles. The van der Waals surface area contributed by atoms with Gasteiger partial charge in [-0.05, 0) is 23.1 Å². The number of carbonyl (C=O) groups is 2. The Labute approximate surface area is 188 Å². The first-order valence-electron chi connectivity index (χ1n) is 9.47. The quantitative estimate of drug-likeness (QED) is 0.244. The van der Waals surface area contributed by atoms with Gasteiger partial charge in [0.05, 0.1) is 22.9 Å². The minimum absolute atomic E-state index is 0.00548. The van der Waals surface area contributed by atoms with Crippen LogP contribution in [0.15, 0.2) is 41.1 Å². The third-order valence-electron chi connectivity index (χ3n) is 4.04. The molecule has 3 aromatic rings. The zero-order valence-electron chi connectivity index (χ0n) is 17.1. The van der Waals surface area contributed by atoms with Gasteiger partial charge in [0.15, 0.2) is 12.4 Å². The van der Waals surface area contributed by atoms with Crippen molar-refractivity contribution in [3.8, 4) is 5.75 Å². The molecular weight excluding hydrogens is 467 g/mol. The van der Waals surface area contributed by atoms with Crippen molar-refractivity contribution >= 4 is 17.6 Å². The Morgan fingerprint density at radius 3 is 2.68 bits per heavy atom. The van der Waals surface area contributed by atoms with Crippen molar-refractivity contribution in [2.45, 2.75) is 12.7 Å². The van der Waals surface area contributed by atoms with E-state index in [1.54, 1.807) is 0 Å². The van der Waals surface area contributed by atoms with Crippen LogP contribution in [-0.4, -0.2) is 56.4 Å². The number of halogens is 3. The monoisotopic (exact) mass is 483 g/mol. The first kappa shape index (κ1) is 24.1. The molecule has 34 heavy (non-hydrogen) atoms. The smallest absolute Gasteiger partial charge is 0.416 e. The average Bonchev–Trinajstić information content (AvgIpc) is 3.45. The van der Waals surface area contributed by atoms with Crippen molar-refractivity contribution in [2.75, 3.05) is 19.7 Å². The summed E-state index contributed by atoms with van der Waals surface area (Å²) in [7, 11) is 0. The molecule has 3 rings (SSSR count). The lowest BCUT2D eigenvalue weighted by Gasteiger charge is -2.10. The largest absolute Gasteiger partial charge is 0.484 e. The predicted octanol–water partition coefficient (Wildman–Crippen LogP) is 1.17. The van der Waals surface area contributed by atoms with Gasteiger partial charge in [-0.1, -0.05) is 11.2 Å². The SMILES string of the molecule is O=C(COc1cccc(C(F)(F)F)c1)NCCNC(=O)c1nc(Cn2ccc([N+](=O)[O-])n2)no1. The number of nitro groups is 1. The standard InChI is InChI=1S/C18H16F3N7O6/c19-18(20,21)11-2-1-3-12(8-11)33-10-15(29)22-5-6-23-16(30)17-24-13(26-34-17)9-27-7-4-14(25-27)28(31)32/h1-4,7-8H,5-6,9-10H2,(H,22,29)(H,23,30). The molecule has 0 aliphatic carbocycles. The summed E-state index contributed by atoms with van der Waals surface area (Å²) in [4.78, 5) is 37.6. The third kappa shape index (κ3) is 6.75. The Balaban J connectivity index is 1.37. The Morgan fingerprint density at radius 1 is 1.21 bits per heavy atom. The summed E-state index contributed by atoms with van der Waals surface area (Å²) in [5.74, 6) is -2.11. The molecule has 0 saturated carbocycles. The minimum Gasteiger partial charge on any atom is -0.484 e. The van der Waals surface area contributed by atoms with Crippen LogP contribution in [0, 0.1) is 10.1 Å². The molecule has 0 spiro atoms. The highest BCUT2D eigenvalue weighted by Crippen LogP contribution is 2.31. The highest BCUT2D eigenvalue weighted by atomic mass is 19.4. The van der Waals surface area contributed by atoms with E-state index < -0.39 is 35.1 Å². The van der Waals surface area contributed by atoms with E-state index in [-0.39, 0.29) is 42.9 Å². The lowest BCUT2D eigenvalue weighted by molar-refractivity contribution is -0.389. The van der Waals surface area contributed by atoms with Crippen molar-refractivity contribution in [3.63, 3.8) is 0 Å². The molecule has 0 bridgehead atoms. The maximum atomic E-state index is 12.7. The van der Waals surface area contributed by atoms with Crippen LogP contribution in [0.1, 0.15) is 22.1 Å². The molecule has 16 heteroatoms. The summed E-state index contributed by atoms with van der Waals surface area (Å²) in [6.45, 7) is -0.605. The van der Waals surface area contributed by atoms with Crippen LogP contribution in [0.4, 0.5) is 19.0 Å². The van der Waals surface area contributed by atoms with Gasteiger partial charge in [-0.15, -0.1) is 0 Å². The van der Waals surface area contributed by atoms with E-state index in [0.717, 1.165) is 18.2 Å². The van der Waals surface area contributed by atoms with E-state index in [1.807, 2.05) is 0 Å². The Bertz CT molecular complexity index is 1180. The highest BCUT2D eigenvalue weighted by Gasteiger charge is 2.30. The maximum Gasteiger partial charge on any atom is 0.416 e. The number of ether oxygens (including phenoxy) is 1. The second-order valence-electron chi connectivity index (χ2n) is 6.56. The van der Waals surface area contributed by atoms with Gasteiger partial charge in [0.2, 0.25) is 0 Å². The number of hydrogen-bond acceptors (Lipinski definition) is 9. The number of nitrogens with zero attached hydrogens (tertiary/aromatic N) is 5. The summed E-state index contributed by atoms with van der Waals surface area (Å²) < 4.78 is 49.1. The second-order valence-corrected chi connectivity index (χ2v) is 6.56. The van der Waals surface area contributed by atoms with E-state index in [2.05, 4.69) is 25.9 Å². The fraction of sp³-hybridized carbons (Fsp3) is 0.278. The number of aromatic nitrogens is 4. The van der Waals surface area contributed by atoms with Crippen LogP contribution in [0.25, 0.3) is 0 Å². The van der Waals surface area contributed by atoms with Gasteiger partial charge >= 0.3 is 23.8 Å². The lowest BCUT2D eigenvalue weighted by Crippen LogP contribution is -2.36. The zero-order chi connectivity index (χ0) is 24.7. The minimum atomic E-state index is -4.53. The molecule has 0 fully saturated rings. The molecule has 0 aliphatic heterocycles. The molecule has 0 atom stereocenters. The predicted molar refractivity (Wildman–Crippen MR) is 105 cm³/mol. The van der Waals surface area contributed by atoms with Crippen LogP contribution in [-0.2, 0) is 17.5 Å². The highest BCUT2D eigenvalue weighted by molar-refractivity contribution is 5.89. The second kappa shape index (κ2) is 10.4. The van der Waals surface area contributed by atoms with Gasteiger partial charge in [0.25, 0.3) is 5.91 Å². The average molecular weight is 483 g/mol. The van der Waals surface area contributed by atoms with Gasteiger partial charge in [-0.3, -0.25) is 9.59 Å². The fourth-order valence-corrected chi connectivity index (χ4v) is 2.51. The topological polar surface area (TPSA) is 167 Å². The van der Waals surface area contributed by atoms with Crippen molar-refractivity contribution in [1.29, 1.82) is 0 Å². The number of nitrogens with one attached hydrogen (secondary N) is 2. The molecule has 2 aromatic heterocycles. The van der Waals surface area contributed by atoms with E-state index in [0.29, 0.717) is 0 Å². The van der Waals surface area contributed by atoms with Crippen LogP contribution >= 0.6 is 0 Å². The van der Waals surface area contributed by atoms with E-state index in [1.165, 1.54) is 23.0 Å². The summed E-state index contributed by atoms with van der Waals surface area (Å²) in [5.41, 5.74) is -0.900. The first-order chi connectivity index (χ1) is 16.1. The normalized spacial score (nSPS) is 11.1. The van der Waals surface area contributed by atoms with Gasteiger partial charge in [-0.25, -0.2) is 0 Å². The number of rotatable bonds is 10. The van der Waals surface area contributed by atoms with Crippen LogP contribution in [0.2, 0.25) is 0 Å². The summed E-state index contributed by atoms with van der Waals surface area (Å²) >= 11 is 0. The van der Waals surface area contributed by atoms with Crippen molar-refractivity contribution < 1.29 is 36.9 Å². The maximum absolute atomic E-state index is 12.7. The first-order valence-corrected chi connectivity index (χ1v) is 9.47. The van der Waals surface area contributed by atoms with Crippen molar-refractivity contribution in [3.05, 3.63) is 63.9 Å². The lowest BCUT2D eigenvalue weighted by atomic mass is 10.2. The van der Waals surface area contributed by atoms with Gasteiger partial charge < -0.3 is 30.0 Å².